The third kappa shape index (κ3) is 4.28. The van der Waals surface area contributed by atoms with Gasteiger partial charge in [0.15, 0.2) is 0 Å². The number of carboxylic acid groups (broad SMARTS) is 1. The molecule has 152 valence electrons. The van der Waals surface area contributed by atoms with Gasteiger partial charge in [-0.15, -0.1) is 0 Å². The highest BCUT2D eigenvalue weighted by Gasteiger charge is 2.42. The van der Waals surface area contributed by atoms with Crippen LogP contribution in [0.1, 0.15) is 5.56 Å². The molecule has 0 radical (unpaired) electrons. The van der Waals surface area contributed by atoms with Gasteiger partial charge in [-0.2, -0.15) is 0 Å². The van der Waals surface area contributed by atoms with Crippen LogP contribution in [0.4, 0.5) is 0 Å². The van der Waals surface area contributed by atoms with E-state index in [0.717, 1.165) is 10.5 Å². The lowest BCUT2D eigenvalue weighted by atomic mass is 9.99. The van der Waals surface area contributed by atoms with E-state index in [9.17, 15) is 19.5 Å². The number of nitrogens with one attached hydrogen (secondary N) is 1. The minimum Gasteiger partial charge on any atom is -0.477 e. The molecule has 0 aromatic heterocycles. The van der Waals surface area contributed by atoms with Crippen LogP contribution in [0.15, 0.2) is 65.9 Å². The third-order valence-corrected chi connectivity index (χ3v) is 4.85. The SMILES string of the molecule is COC1(OC)C=CC(=C(C(=O)O)N2C[C@H](NC(=O)Cc3ccccc3)C2=O)C=C1. The average Bonchev–Trinajstić information content (AvgIpc) is 2.73. The Hall–Kier alpha value is -3.23. The number of hydrogen-bond acceptors (Lipinski definition) is 5. The number of ether oxygens (including phenoxy) is 2. The van der Waals surface area contributed by atoms with Crippen molar-refractivity contribution in [3.05, 3.63) is 71.5 Å². The molecule has 0 saturated carbocycles. The molecule has 1 atom stereocenters. The number of rotatable bonds is 7. The molecule has 2 aliphatic rings. The van der Waals surface area contributed by atoms with E-state index in [0.29, 0.717) is 5.57 Å². The maximum atomic E-state index is 12.5. The summed E-state index contributed by atoms with van der Waals surface area (Å²) in [7, 11) is 2.93. The molecule has 1 fully saturated rings. The Morgan fingerprint density at radius 2 is 1.79 bits per heavy atom. The normalized spacial score (nSPS) is 19.7. The lowest BCUT2D eigenvalue weighted by Crippen LogP contribution is -2.64. The van der Waals surface area contributed by atoms with Crippen LogP contribution in [0.25, 0.3) is 0 Å². The number of benzene rings is 1. The Morgan fingerprint density at radius 1 is 1.17 bits per heavy atom. The summed E-state index contributed by atoms with van der Waals surface area (Å²) >= 11 is 0. The second kappa shape index (κ2) is 8.42. The van der Waals surface area contributed by atoms with Gasteiger partial charge in [0.2, 0.25) is 11.7 Å². The number of carbonyl (C=O) groups is 3. The summed E-state index contributed by atoms with van der Waals surface area (Å²) in [6.07, 6.45) is 6.35. The summed E-state index contributed by atoms with van der Waals surface area (Å²) in [5, 5.41) is 12.3. The van der Waals surface area contributed by atoms with Crippen molar-refractivity contribution >= 4 is 17.8 Å². The van der Waals surface area contributed by atoms with Gasteiger partial charge >= 0.3 is 5.97 Å². The number of hydrogen-bond donors (Lipinski definition) is 2. The number of likely N-dealkylation sites (tertiary alicyclic amines) is 1. The zero-order chi connectivity index (χ0) is 21.0. The molecule has 1 aliphatic carbocycles. The van der Waals surface area contributed by atoms with E-state index in [1.54, 1.807) is 12.2 Å². The Bertz CT molecular complexity index is 881. The third-order valence-electron chi connectivity index (χ3n) is 4.85. The van der Waals surface area contributed by atoms with Crippen LogP contribution < -0.4 is 5.32 Å². The zero-order valence-corrected chi connectivity index (χ0v) is 16.1. The highest BCUT2D eigenvalue weighted by molar-refractivity contribution is 6.01. The van der Waals surface area contributed by atoms with Crippen molar-refractivity contribution in [2.45, 2.75) is 18.2 Å². The maximum Gasteiger partial charge on any atom is 0.353 e. The Balaban J connectivity index is 1.68. The van der Waals surface area contributed by atoms with Crippen molar-refractivity contribution in [3.63, 3.8) is 0 Å². The highest BCUT2D eigenvalue weighted by Crippen LogP contribution is 2.28. The first-order valence-electron chi connectivity index (χ1n) is 9.00. The van der Waals surface area contributed by atoms with Gasteiger partial charge in [-0.3, -0.25) is 9.59 Å². The Morgan fingerprint density at radius 3 is 2.31 bits per heavy atom. The average molecular weight is 398 g/mol. The summed E-state index contributed by atoms with van der Waals surface area (Å²) in [6, 6.07) is 8.42. The number of nitrogens with zero attached hydrogens (tertiary/aromatic N) is 1. The van der Waals surface area contributed by atoms with E-state index in [4.69, 9.17) is 9.47 Å². The second-order valence-electron chi connectivity index (χ2n) is 6.64. The van der Waals surface area contributed by atoms with Gasteiger partial charge in [0.25, 0.3) is 5.91 Å². The van der Waals surface area contributed by atoms with Crippen molar-refractivity contribution in [2.75, 3.05) is 20.8 Å². The van der Waals surface area contributed by atoms with Crippen molar-refractivity contribution < 1.29 is 29.0 Å². The van der Waals surface area contributed by atoms with Crippen LogP contribution in [-0.2, 0) is 30.3 Å². The molecule has 0 unspecified atom stereocenters. The van der Waals surface area contributed by atoms with E-state index in [2.05, 4.69) is 5.32 Å². The smallest absolute Gasteiger partial charge is 0.353 e. The van der Waals surface area contributed by atoms with Crippen LogP contribution in [0, 0.1) is 0 Å². The summed E-state index contributed by atoms with van der Waals surface area (Å²) < 4.78 is 10.5. The molecule has 8 heteroatoms. The quantitative estimate of drug-likeness (QED) is 0.404. The molecule has 0 bridgehead atoms. The Kier molecular flexibility index (Phi) is 5.95. The van der Waals surface area contributed by atoms with Crippen LogP contribution >= 0.6 is 0 Å². The summed E-state index contributed by atoms with van der Waals surface area (Å²) in [5.41, 5.74) is 1.01. The fourth-order valence-corrected chi connectivity index (χ4v) is 3.19. The van der Waals surface area contributed by atoms with Gasteiger partial charge in [0.05, 0.1) is 13.0 Å². The van der Waals surface area contributed by atoms with Crippen molar-refractivity contribution in [1.29, 1.82) is 0 Å². The standard InChI is InChI=1S/C21H22N2O6/c1-28-21(29-2)10-8-15(9-11-21)18(20(26)27)23-13-16(19(23)25)22-17(24)12-14-6-4-3-5-7-14/h3-11,16H,12-13H2,1-2H3,(H,22,24)(H,26,27)/t16-/m0/s1. The van der Waals surface area contributed by atoms with Crippen LogP contribution in [-0.4, -0.2) is 60.4 Å². The number of carbonyl (C=O) groups excluding carboxylic acids is 2. The number of amides is 2. The fourth-order valence-electron chi connectivity index (χ4n) is 3.19. The number of methoxy groups -OCH3 is 2. The number of β-lactam (4-membered cyclic amide) rings is 1. The molecular weight excluding hydrogens is 376 g/mol. The summed E-state index contributed by atoms with van der Waals surface area (Å²) in [4.78, 5) is 37.6. The fraction of sp³-hybridized carbons (Fsp3) is 0.286. The largest absolute Gasteiger partial charge is 0.477 e. The number of carboxylic acids is 1. The Labute approximate surface area is 168 Å². The van der Waals surface area contributed by atoms with Gasteiger partial charge in [-0.1, -0.05) is 42.5 Å². The predicted octanol–water partition coefficient (Wildman–Crippen LogP) is 1.01. The molecule has 8 nitrogen and oxygen atoms in total. The minimum atomic E-state index is -1.24. The first-order valence-corrected chi connectivity index (χ1v) is 9.00. The van der Waals surface area contributed by atoms with E-state index in [1.807, 2.05) is 30.3 Å². The van der Waals surface area contributed by atoms with E-state index in [1.165, 1.54) is 26.4 Å². The zero-order valence-electron chi connectivity index (χ0n) is 16.1. The van der Waals surface area contributed by atoms with Crippen LogP contribution in [0.3, 0.4) is 0 Å². The highest BCUT2D eigenvalue weighted by atomic mass is 16.7. The summed E-state index contributed by atoms with van der Waals surface area (Å²) in [6.45, 7) is 0.0892. The molecule has 0 spiro atoms. The van der Waals surface area contributed by atoms with Crippen LogP contribution in [0.5, 0.6) is 0 Å². The number of allylic oxidation sites excluding steroid dienone is 3. The molecular formula is C21H22N2O6. The lowest BCUT2D eigenvalue weighted by molar-refractivity contribution is -0.148. The molecule has 29 heavy (non-hydrogen) atoms. The van der Waals surface area contributed by atoms with Gasteiger partial charge in [-0.05, 0) is 17.7 Å². The molecule has 1 aliphatic heterocycles. The van der Waals surface area contributed by atoms with Crippen molar-refractivity contribution in [3.8, 4) is 0 Å². The molecule has 2 N–H and O–H groups in total. The molecule has 1 heterocycles. The number of aliphatic carboxylic acids is 1. The van der Waals surface area contributed by atoms with E-state index >= 15 is 0 Å². The molecule has 2 amide bonds. The monoisotopic (exact) mass is 398 g/mol. The first-order chi connectivity index (χ1) is 13.9. The molecule has 3 rings (SSSR count). The second-order valence-corrected chi connectivity index (χ2v) is 6.64. The van der Waals surface area contributed by atoms with E-state index < -0.39 is 23.7 Å². The first kappa shape index (κ1) is 20.5. The van der Waals surface area contributed by atoms with Crippen LogP contribution in [0.2, 0.25) is 0 Å². The molecule has 1 saturated heterocycles. The van der Waals surface area contributed by atoms with Gasteiger partial charge in [-0.25, -0.2) is 4.79 Å². The topological polar surface area (TPSA) is 105 Å². The maximum absolute atomic E-state index is 12.5. The minimum absolute atomic E-state index is 0.0892. The summed E-state index contributed by atoms with van der Waals surface area (Å²) in [5.74, 6) is -3.06. The van der Waals surface area contributed by atoms with Crippen molar-refractivity contribution in [2.24, 2.45) is 0 Å². The van der Waals surface area contributed by atoms with Gasteiger partial charge < -0.3 is 24.8 Å². The lowest BCUT2D eigenvalue weighted by Gasteiger charge is -2.39. The van der Waals surface area contributed by atoms with Gasteiger partial charge in [0, 0.05) is 19.8 Å². The van der Waals surface area contributed by atoms with Gasteiger partial charge in [0.1, 0.15) is 11.7 Å². The molecule has 1 aromatic rings. The van der Waals surface area contributed by atoms with Crippen molar-refractivity contribution in [1.82, 2.24) is 10.2 Å². The predicted molar refractivity (Wildman–Crippen MR) is 103 cm³/mol. The van der Waals surface area contributed by atoms with E-state index in [-0.39, 0.29) is 24.6 Å². The molecule has 1 aromatic carbocycles.